The van der Waals surface area contributed by atoms with Crippen LogP contribution in [-0.2, 0) is 11.2 Å². The van der Waals surface area contributed by atoms with E-state index in [0.29, 0.717) is 24.4 Å². The minimum Gasteiger partial charge on any atom is -0.478 e. The number of amides is 1. The molecule has 0 aliphatic carbocycles. The summed E-state index contributed by atoms with van der Waals surface area (Å²) in [5.74, 6) is 0.712. The van der Waals surface area contributed by atoms with Gasteiger partial charge in [0.15, 0.2) is 6.10 Å². The molecule has 0 bridgehead atoms. The second-order valence-corrected chi connectivity index (χ2v) is 6.45. The van der Waals surface area contributed by atoms with E-state index in [1.165, 1.54) is 11.1 Å². The number of ether oxygens (including phenoxy) is 1. The maximum absolute atomic E-state index is 12.9. The minimum atomic E-state index is -0.507. The Kier molecular flexibility index (Phi) is 4.47. The summed E-state index contributed by atoms with van der Waals surface area (Å²) in [4.78, 5) is 14.7. The van der Waals surface area contributed by atoms with Gasteiger partial charge in [-0.05, 0) is 49.1 Å². The topological polar surface area (TPSA) is 55.6 Å². The van der Waals surface area contributed by atoms with Gasteiger partial charge in [-0.15, -0.1) is 0 Å². The van der Waals surface area contributed by atoms with E-state index in [1.807, 2.05) is 17.0 Å². The van der Waals surface area contributed by atoms with Gasteiger partial charge in [0, 0.05) is 24.7 Å². The smallest absolute Gasteiger partial charge is 0.268 e. The van der Waals surface area contributed by atoms with Crippen molar-refractivity contribution in [2.24, 2.45) is 0 Å². The molecule has 2 aromatic carbocycles. The van der Waals surface area contributed by atoms with Crippen molar-refractivity contribution in [1.82, 2.24) is 0 Å². The molecule has 0 spiro atoms. The molecular formula is C20H24N2O2. The maximum atomic E-state index is 12.9. The summed E-state index contributed by atoms with van der Waals surface area (Å²) in [6, 6.07) is 11.8. The highest BCUT2D eigenvalue weighted by molar-refractivity contribution is 6.00. The summed E-state index contributed by atoms with van der Waals surface area (Å²) in [7, 11) is 0. The number of carbonyl (C=O) groups is 1. The van der Waals surface area contributed by atoms with Crippen molar-refractivity contribution in [3.8, 4) is 5.75 Å². The highest BCUT2D eigenvalue weighted by atomic mass is 16.5. The first-order chi connectivity index (χ1) is 11.5. The number of anilines is 2. The molecule has 1 aliphatic rings. The summed E-state index contributed by atoms with van der Waals surface area (Å²) < 4.78 is 6.00. The predicted octanol–water partition coefficient (Wildman–Crippen LogP) is 3.63. The van der Waals surface area contributed by atoms with Crippen LogP contribution < -0.4 is 15.4 Å². The molecule has 0 aromatic heterocycles. The first-order valence-electron chi connectivity index (χ1n) is 8.43. The molecule has 0 fully saturated rings. The van der Waals surface area contributed by atoms with Crippen LogP contribution in [0.5, 0.6) is 5.75 Å². The molecule has 1 heterocycles. The van der Waals surface area contributed by atoms with E-state index in [0.717, 1.165) is 17.7 Å². The first-order valence-corrected chi connectivity index (χ1v) is 8.43. The van der Waals surface area contributed by atoms with E-state index in [1.54, 1.807) is 6.07 Å². The lowest BCUT2D eigenvalue weighted by molar-refractivity contribution is -0.126. The number of nitrogen functional groups attached to an aromatic ring is 1. The number of rotatable bonds is 4. The van der Waals surface area contributed by atoms with Gasteiger partial charge in [-0.2, -0.15) is 0 Å². The van der Waals surface area contributed by atoms with Crippen LogP contribution in [-0.4, -0.2) is 18.6 Å². The standard InChI is InChI=1S/C20H24N2O2/c1-4-9-22-17-8-7-16(21)12-18(17)24-19(20(22)23)11-15-6-5-13(2)14(3)10-15/h5-8,10,12,19H,4,9,11,21H2,1-3H3. The van der Waals surface area contributed by atoms with Crippen molar-refractivity contribution < 1.29 is 9.53 Å². The normalized spacial score (nSPS) is 16.7. The molecule has 2 aromatic rings. The average Bonchev–Trinajstić information content (AvgIpc) is 2.55. The lowest BCUT2D eigenvalue weighted by Gasteiger charge is -2.34. The van der Waals surface area contributed by atoms with E-state index in [9.17, 15) is 4.79 Å². The number of hydrogen-bond acceptors (Lipinski definition) is 3. The molecule has 4 heteroatoms. The lowest BCUT2D eigenvalue weighted by Crippen LogP contribution is -2.47. The third kappa shape index (κ3) is 3.09. The Hall–Kier alpha value is -2.49. The third-order valence-corrected chi connectivity index (χ3v) is 4.52. The number of fused-ring (bicyclic) bond motifs is 1. The fourth-order valence-corrected chi connectivity index (χ4v) is 3.07. The van der Waals surface area contributed by atoms with E-state index in [4.69, 9.17) is 10.5 Å². The Labute approximate surface area is 143 Å². The molecule has 1 unspecified atom stereocenters. The highest BCUT2D eigenvalue weighted by Crippen LogP contribution is 2.36. The van der Waals surface area contributed by atoms with Crippen LogP contribution in [0.3, 0.4) is 0 Å². The number of benzene rings is 2. The van der Waals surface area contributed by atoms with E-state index in [-0.39, 0.29) is 5.91 Å². The molecule has 126 valence electrons. The van der Waals surface area contributed by atoms with Gasteiger partial charge in [0.25, 0.3) is 5.91 Å². The van der Waals surface area contributed by atoms with Gasteiger partial charge in [-0.3, -0.25) is 4.79 Å². The fraction of sp³-hybridized carbons (Fsp3) is 0.350. The molecule has 4 nitrogen and oxygen atoms in total. The molecule has 0 radical (unpaired) electrons. The number of carbonyl (C=O) groups excluding carboxylic acids is 1. The number of nitrogens with two attached hydrogens (primary N) is 1. The van der Waals surface area contributed by atoms with E-state index < -0.39 is 6.10 Å². The molecule has 2 N–H and O–H groups in total. The Balaban J connectivity index is 1.91. The Morgan fingerprint density at radius 2 is 1.92 bits per heavy atom. The van der Waals surface area contributed by atoms with Crippen molar-refractivity contribution >= 4 is 17.3 Å². The zero-order chi connectivity index (χ0) is 17.3. The van der Waals surface area contributed by atoms with Crippen LogP contribution in [0.1, 0.15) is 30.0 Å². The van der Waals surface area contributed by atoms with Crippen molar-refractivity contribution in [1.29, 1.82) is 0 Å². The van der Waals surface area contributed by atoms with Gasteiger partial charge in [0.05, 0.1) is 5.69 Å². The molecule has 1 aliphatic heterocycles. The lowest BCUT2D eigenvalue weighted by atomic mass is 10.0. The predicted molar refractivity (Wildman–Crippen MR) is 97.5 cm³/mol. The molecule has 1 atom stereocenters. The minimum absolute atomic E-state index is 0.0207. The zero-order valence-corrected chi connectivity index (χ0v) is 14.5. The summed E-state index contributed by atoms with van der Waals surface area (Å²) in [6.07, 6.45) is 0.952. The van der Waals surface area contributed by atoms with Gasteiger partial charge in [0.2, 0.25) is 0 Å². The van der Waals surface area contributed by atoms with Crippen LogP contribution in [0.2, 0.25) is 0 Å². The average molecular weight is 324 g/mol. The number of hydrogen-bond donors (Lipinski definition) is 1. The molecule has 1 amide bonds. The molecule has 3 rings (SSSR count). The van der Waals surface area contributed by atoms with E-state index in [2.05, 4.69) is 39.0 Å². The van der Waals surface area contributed by atoms with Crippen molar-refractivity contribution in [3.63, 3.8) is 0 Å². The third-order valence-electron chi connectivity index (χ3n) is 4.52. The number of aryl methyl sites for hydroxylation is 2. The molecular weight excluding hydrogens is 300 g/mol. The Morgan fingerprint density at radius 1 is 1.12 bits per heavy atom. The van der Waals surface area contributed by atoms with Crippen LogP contribution in [0, 0.1) is 13.8 Å². The van der Waals surface area contributed by atoms with Crippen LogP contribution in [0.15, 0.2) is 36.4 Å². The monoisotopic (exact) mass is 324 g/mol. The van der Waals surface area contributed by atoms with E-state index >= 15 is 0 Å². The summed E-state index contributed by atoms with van der Waals surface area (Å²) in [6.45, 7) is 6.92. The summed E-state index contributed by atoms with van der Waals surface area (Å²) in [5, 5.41) is 0. The van der Waals surface area contributed by atoms with Gasteiger partial charge < -0.3 is 15.4 Å². The van der Waals surface area contributed by atoms with Crippen molar-refractivity contribution in [2.45, 2.75) is 39.7 Å². The largest absolute Gasteiger partial charge is 0.478 e. The zero-order valence-electron chi connectivity index (χ0n) is 14.5. The number of nitrogens with zero attached hydrogens (tertiary/aromatic N) is 1. The van der Waals surface area contributed by atoms with Crippen LogP contribution >= 0.6 is 0 Å². The molecule has 0 saturated heterocycles. The first kappa shape index (κ1) is 16.4. The van der Waals surface area contributed by atoms with Crippen LogP contribution in [0.25, 0.3) is 0 Å². The quantitative estimate of drug-likeness (QED) is 0.874. The van der Waals surface area contributed by atoms with Gasteiger partial charge in [-0.25, -0.2) is 0 Å². The summed E-state index contributed by atoms with van der Waals surface area (Å²) in [5.41, 5.74) is 10.9. The van der Waals surface area contributed by atoms with Crippen LogP contribution in [0.4, 0.5) is 11.4 Å². The Morgan fingerprint density at radius 3 is 2.62 bits per heavy atom. The van der Waals surface area contributed by atoms with Gasteiger partial charge in [-0.1, -0.05) is 25.1 Å². The second-order valence-electron chi connectivity index (χ2n) is 6.45. The maximum Gasteiger partial charge on any atom is 0.268 e. The summed E-state index contributed by atoms with van der Waals surface area (Å²) >= 11 is 0. The molecule has 24 heavy (non-hydrogen) atoms. The molecule has 0 saturated carbocycles. The SMILES string of the molecule is CCCN1C(=O)C(Cc2ccc(C)c(C)c2)Oc2cc(N)ccc21. The second kappa shape index (κ2) is 6.56. The van der Waals surface area contributed by atoms with Crippen molar-refractivity contribution in [2.75, 3.05) is 17.2 Å². The fourth-order valence-electron chi connectivity index (χ4n) is 3.07. The van der Waals surface area contributed by atoms with Gasteiger partial charge in [0.1, 0.15) is 5.75 Å². The Bertz CT molecular complexity index is 770. The van der Waals surface area contributed by atoms with Gasteiger partial charge >= 0.3 is 0 Å². The highest BCUT2D eigenvalue weighted by Gasteiger charge is 2.34. The van der Waals surface area contributed by atoms with Crippen molar-refractivity contribution in [3.05, 3.63) is 53.1 Å².